The Balaban J connectivity index is 1.92. The summed E-state index contributed by atoms with van der Waals surface area (Å²) in [6, 6.07) is 18.7. The van der Waals surface area contributed by atoms with E-state index in [0.717, 1.165) is 33.9 Å². The van der Waals surface area contributed by atoms with Gasteiger partial charge in [-0.1, -0.05) is 12.1 Å². The lowest BCUT2D eigenvalue weighted by Gasteiger charge is -2.08. The zero-order valence-electron chi connectivity index (χ0n) is 15.1. The van der Waals surface area contributed by atoms with Gasteiger partial charge in [0, 0.05) is 41.0 Å². The third-order valence-electron chi connectivity index (χ3n) is 4.51. The summed E-state index contributed by atoms with van der Waals surface area (Å²) in [5.41, 5.74) is 4.75. The highest BCUT2D eigenvalue weighted by molar-refractivity contribution is 7.98. The number of rotatable bonds is 4. The van der Waals surface area contributed by atoms with E-state index in [1.54, 1.807) is 36.3 Å². The second-order valence-corrected chi connectivity index (χ2v) is 7.04. The third-order valence-corrected chi connectivity index (χ3v) is 5.26. The molecular weight excluding hydrogens is 357 g/mol. The summed E-state index contributed by atoms with van der Waals surface area (Å²) in [6.45, 7) is 0. The number of benzene rings is 2. The van der Waals surface area contributed by atoms with Crippen LogP contribution in [0.2, 0.25) is 0 Å². The summed E-state index contributed by atoms with van der Waals surface area (Å²) in [5, 5.41) is 0. The summed E-state index contributed by atoms with van der Waals surface area (Å²) in [4.78, 5) is 10.3. The van der Waals surface area contributed by atoms with Crippen LogP contribution in [0.15, 0.2) is 78.0 Å². The molecule has 0 atom stereocenters. The topological polar surface area (TPSA) is 30.7 Å². The van der Waals surface area contributed by atoms with Gasteiger partial charge in [0.1, 0.15) is 11.6 Å². The van der Waals surface area contributed by atoms with Crippen LogP contribution in [0.1, 0.15) is 0 Å². The van der Waals surface area contributed by atoms with Crippen molar-refractivity contribution in [2.24, 2.45) is 7.05 Å². The van der Waals surface area contributed by atoms with E-state index < -0.39 is 0 Å². The predicted octanol–water partition coefficient (Wildman–Crippen LogP) is 5.68. The molecule has 2 aromatic heterocycles. The number of halogens is 1. The van der Waals surface area contributed by atoms with Gasteiger partial charge in [-0.15, -0.1) is 11.8 Å². The lowest BCUT2D eigenvalue weighted by Crippen LogP contribution is -1.96. The van der Waals surface area contributed by atoms with Crippen LogP contribution in [-0.4, -0.2) is 20.8 Å². The average molecular weight is 375 g/mol. The predicted molar refractivity (Wildman–Crippen MR) is 109 cm³/mol. The molecule has 27 heavy (non-hydrogen) atoms. The van der Waals surface area contributed by atoms with Crippen molar-refractivity contribution in [1.29, 1.82) is 0 Å². The second-order valence-electron chi connectivity index (χ2n) is 6.16. The minimum absolute atomic E-state index is 0.256. The first kappa shape index (κ1) is 17.5. The van der Waals surface area contributed by atoms with E-state index in [-0.39, 0.29) is 5.82 Å². The zero-order valence-corrected chi connectivity index (χ0v) is 15.9. The Morgan fingerprint density at radius 1 is 0.815 bits per heavy atom. The maximum Gasteiger partial charge on any atom is 0.140 e. The fourth-order valence-corrected chi connectivity index (χ4v) is 3.55. The van der Waals surface area contributed by atoms with Gasteiger partial charge in [-0.3, -0.25) is 4.98 Å². The first-order chi connectivity index (χ1) is 13.2. The number of nitrogens with zero attached hydrogens (tertiary/aromatic N) is 3. The molecule has 0 amide bonds. The molecule has 134 valence electrons. The molecule has 2 heterocycles. The smallest absolute Gasteiger partial charge is 0.140 e. The van der Waals surface area contributed by atoms with Crippen molar-refractivity contribution in [3.05, 3.63) is 78.9 Å². The van der Waals surface area contributed by atoms with Gasteiger partial charge < -0.3 is 4.57 Å². The molecule has 0 saturated carbocycles. The van der Waals surface area contributed by atoms with Gasteiger partial charge in [0.2, 0.25) is 0 Å². The highest BCUT2D eigenvalue weighted by Gasteiger charge is 2.19. The first-order valence-electron chi connectivity index (χ1n) is 8.55. The number of imidazole rings is 1. The molecular formula is C22H18FN3S. The Labute approximate surface area is 161 Å². The Kier molecular flexibility index (Phi) is 4.77. The summed E-state index contributed by atoms with van der Waals surface area (Å²) >= 11 is 1.71. The van der Waals surface area contributed by atoms with E-state index >= 15 is 0 Å². The molecule has 0 fully saturated rings. The quantitative estimate of drug-likeness (QED) is 0.430. The van der Waals surface area contributed by atoms with Crippen LogP contribution in [0.25, 0.3) is 33.9 Å². The molecule has 4 rings (SSSR count). The standard InChI is InChI=1S/C22H18FN3S/c1-26-21(16-11-13-24-14-12-16)20(15-3-7-18(23)8-4-15)25-22(26)17-5-9-19(27-2)10-6-17/h3-14H,1-2H3. The van der Waals surface area contributed by atoms with Gasteiger partial charge in [0.25, 0.3) is 0 Å². The van der Waals surface area contributed by atoms with Gasteiger partial charge in [-0.05, 0) is 54.8 Å². The molecule has 0 N–H and O–H groups in total. The molecule has 0 aliphatic carbocycles. The van der Waals surface area contributed by atoms with Crippen LogP contribution >= 0.6 is 11.8 Å². The van der Waals surface area contributed by atoms with Crippen LogP contribution < -0.4 is 0 Å². The molecule has 3 nitrogen and oxygen atoms in total. The minimum Gasteiger partial charge on any atom is -0.327 e. The molecule has 5 heteroatoms. The van der Waals surface area contributed by atoms with Gasteiger partial charge in [-0.2, -0.15) is 0 Å². The van der Waals surface area contributed by atoms with Crippen LogP contribution in [0, 0.1) is 5.82 Å². The van der Waals surface area contributed by atoms with E-state index in [2.05, 4.69) is 40.1 Å². The molecule has 0 unspecified atom stereocenters. The molecule has 0 saturated heterocycles. The van der Waals surface area contributed by atoms with Crippen LogP contribution in [0.4, 0.5) is 4.39 Å². The molecule has 2 aromatic carbocycles. The summed E-state index contributed by atoms with van der Waals surface area (Å²) in [6.07, 6.45) is 5.59. The van der Waals surface area contributed by atoms with Gasteiger partial charge >= 0.3 is 0 Å². The fraction of sp³-hybridized carbons (Fsp3) is 0.0909. The SMILES string of the molecule is CSc1ccc(-c2nc(-c3ccc(F)cc3)c(-c3ccncc3)n2C)cc1. The molecule has 0 radical (unpaired) electrons. The monoisotopic (exact) mass is 375 g/mol. The summed E-state index contributed by atoms with van der Waals surface area (Å²) in [7, 11) is 2.01. The Morgan fingerprint density at radius 3 is 2.07 bits per heavy atom. The lowest BCUT2D eigenvalue weighted by molar-refractivity contribution is 0.628. The van der Waals surface area contributed by atoms with E-state index in [1.807, 2.05) is 19.2 Å². The molecule has 4 aromatic rings. The molecule has 0 aliphatic rings. The van der Waals surface area contributed by atoms with Crippen LogP contribution in [0.5, 0.6) is 0 Å². The number of hydrogen-bond donors (Lipinski definition) is 0. The highest BCUT2D eigenvalue weighted by Crippen LogP contribution is 2.35. The molecule has 0 spiro atoms. The van der Waals surface area contributed by atoms with Crippen molar-refractivity contribution in [3.8, 4) is 33.9 Å². The number of thioether (sulfide) groups is 1. The van der Waals surface area contributed by atoms with Crippen molar-refractivity contribution >= 4 is 11.8 Å². The van der Waals surface area contributed by atoms with Gasteiger partial charge in [0.05, 0.1) is 11.4 Å². The van der Waals surface area contributed by atoms with Gasteiger partial charge in [-0.25, -0.2) is 9.37 Å². The van der Waals surface area contributed by atoms with Crippen LogP contribution in [-0.2, 0) is 7.05 Å². The molecule has 0 bridgehead atoms. The van der Waals surface area contributed by atoms with Crippen molar-refractivity contribution in [2.45, 2.75) is 4.90 Å². The lowest BCUT2D eigenvalue weighted by atomic mass is 10.1. The van der Waals surface area contributed by atoms with Crippen molar-refractivity contribution in [2.75, 3.05) is 6.26 Å². The van der Waals surface area contributed by atoms with E-state index in [9.17, 15) is 4.39 Å². The zero-order chi connectivity index (χ0) is 18.8. The summed E-state index contributed by atoms with van der Waals surface area (Å²) in [5.74, 6) is 0.613. The van der Waals surface area contributed by atoms with E-state index in [1.165, 1.54) is 17.0 Å². The number of hydrogen-bond acceptors (Lipinski definition) is 3. The van der Waals surface area contributed by atoms with E-state index in [0.29, 0.717) is 0 Å². The number of pyridine rings is 1. The normalized spacial score (nSPS) is 10.9. The maximum absolute atomic E-state index is 13.4. The number of aromatic nitrogens is 3. The Hall–Kier alpha value is -2.92. The largest absolute Gasteiger partial charge is 0.327 e. The molecule has 0 aliphatic heterocycles. The Bertz CT molecular complexity index is 1060. The van der Waals surface area contributed by atoms with Crippen molar-refractivity contribution < 1.29 is 4.39 Å². The highest BCUT2D eigenvalue weighted by atomic mass is 32.2. The van der Waals surface area contributed by atoms with Crippen LogP contribution in [0.3, 0.4) is 0 Å². The Morgan fingerprint density at radius 2 is 1.44 bits per heavy atom. The van der Waals surface area contributed by atoms with E-state index in [4.69, 9.17) is 4.98 Å². The van der Waals surface area contributed by atoms with Crippen molar-refractivity contribution in [1.82, 2.24) is 14.5 Å². The maximum atomic E-state index is 13.4. The summed E-state index contributed by atoms with van der Waals surface area (Å²) < 4.78 is 15.5. The first-order valence-corrected chi connectivity index (χ1v) is 9.77. The van der Waals surface area contributed by atoms with Gasteiger partial charge in [0.15, 0.2) is 0 Å². The minimum atomic E-state index is -0.256. The average Bonchev–Trinajstić information content (AvgIpc) is 3.06. The fourth-order valence-electron chi connectivity index (χ4n) is 3.15. The second kappa shape index (κ2) is 7.37. The third kappa shape index (κ3) is 3.38. The van der Waals surface area contributed by atoms with Crippen molar-refractivity contribution in [3.63, 3.8) is 0 Å².